The Kier molecular flexibility index (Phi) is 3.88. The van der Waals surface area contributed by atoms with Gasteiger partial charge in [-0.1, -0.05) is 18.2 Å². The van der Waals surface area contributed by atoms with Crippen LogP contribution < -0.4 is 5.32 Å². The van der Waals surface area contributed by atoms with Crippen LogP contribution in [0.4, 0.5) is 24.5 Å². The number of para-hydroxylation sites is 1. The SMILES string of the molecule is O=[N+]([O-])c1ccccc1CNc1cc(F)c(F)cc1F. The summed E-state index contributed by atoms with van der Waals surface area (Å²) in [6.07, 6.45) is 0. The van der Waals surface area contributed by atoms with Crippen LogP contribution in [-0.4, -0.2) is 4.92 Å². The van der Waals surface area contributed by atoms with Gasteiger partial charge in [0.15, 0.2) is 11.6 Å². The van der Waals surface area contributed by atoms with E-state index in [-0.39, 0.29) is 17.9 Å². The van der Waals surface area contributed by atoms with Crippen molar-refractivity contribution in [1.29, 1.82) is 0 Å². The van der Waals surface area contributed by atoms with E-state index in [1.54, 1.807) is 6.07 Å². The summed E-state index contributed by atoms with van der Waals surface area (Å²) in [5.41, 5.74) is -0.0910. The second-order valence-corrected chi connectivity index (χ2v) is 3.99. The quantitative estimate of drug-likeness (QED) is 0.529. The molecule has 0 spiro atoms. The maximum absolute atomic E-state index is 13.4. The molecule has 0 fully saturated rings. The number of rotatable bonds is 4. The highest BCUT2D eigenvalue weighted by atomic mass is 19.2. The number of halogens is 3. The van der Waals surface area contributed by atoms with Gasteiger partial charge in [-0.15, -0.1) is 0 Å². The molecular formula is C13H9F3N2O2. The minimum Gasteiger partial charge on any atom is -0.378 e. The highest BCUT2D eigenvalue weighted by Crippen LogP contribution is 2.22. The van der Waals surface area contributed by atoms with E-state index >= 15 is 0 Å². The van der Waals surface area contributed by atoms with Crippen molar-refractivity contribution in [3.63, 3.8) is 0 Å². The van der Waals surface area contributed by atoms with Gasteiger partial charge in [0.05, 0.1) is 10.6 Å². The standard InChI is InChI=1S/C13H9F3N2O2/c14-9-5-11(16)12(6-10(9)15)17-7-8-3-1-2-4-13(8)18(19)20/h1-6,17H,7H2. The van der Waals surface area contributed by atoms with Crippen LogP contribution in [0.5, 0.6) is 0 Å². The van der Waals surface area contributed by atoms with E-state index in [0.717, 1.165) is 0 Å². The van der Waals surface area contributed by atoms with Crippen LogP contribution in [0.2, 0.25) is 0 Å². The van der Waals surface area contributed by atoms with Crippen LogP contribution in [0.3, 0.4) is 0 Å². The summed E-state index contributed by atoms with van der Waals surface area (Å²) in [5.74, 6) is -3.46. The average molecular weight is 282 g/mol. The molecule has 2 aromatic rings. The third kappa shape index (κ3) is 2.87. The van der Waals surface area contributed by atoms with E-state index in [1.807, 2.05) is 0 Å². The molecule has 0 atom stereocenters. The molecule has 2 rings (SSSR count). The first-order valence-electron chi connectivity index (χ1n) is 5.59. The highest BCUT2D eigenvalue weighted by molar-refractivity contribution is 5.48. The average Bonchev–Trinajstić information content (AvgIpc) is 2.41. The van der Waals surface area contributed by atoms with Crippen LogP contribution in [-0.2, 0) is 6.54 Å². The van der Waals surface area contributed by atoms with Crippen molar-refractivity contribution in [1.82, 2.24) is 0 Å². The lowest BCUT2D eigenvalue weighted by molar-refractivity contribution is -0.385. The lowest BCUT2D eigenvalue weighted by Gasteiger charge is -2.08. The molecule has 2 aromatic carbocycles. The Hall–Kier alpha value is -2.57. The summed E-state index contributed by atoms with van der Waals surface area (Å²) in [5, 5.41) is 13.3. The van der Waals surface area contributed by atoms with E-state index < -0.39 is 22.4 Å². The Morgan fingerprint density at radius 2 is 1.70 bits per heavy atom. The lowest BCUT2D eigenvalue weighted by Crippen LogP contribution is -2.05. The molecule has 0 bridgehead atoms. The van der Waals surface area contributed by atoms with Gasteiger partial charge in [-0.25, -0.2) is 13.2 Å². The molecule has 0 aromatic heterocycles. The van der Waals surface area contributed by atoms with Gasteiger partial charge in [0.2, 0.25) is 0 Å². The van der Waals surface area contributed by atoms with E-state index in [0.29, 0.717) is 17.7 Å². The molecule has 4 nitrogen and oxygen atoms in total. The van der Waals surface area contributed by atoms with Gasteiger partial charge in [-0.2, -0.15) is 0 Å². The molecule has 0 amide bonds. The fraction of sp³-hybridized carbons (Fsp3) is 0.0769. The Morgan fingerprint density at radius 3 is 2.40 bits per heavy atom. The predicted octanol–water partition coefficient (Wildman–Crippen LogP) is 3.62. The Labute approximate surface area is 112 Å². The Balaban J connectivity index is 2.21. The molecule has 20 heavy (non-hydrogen) atoms. The molecule has 0 aliphatic heterocycles. The van der Waals surface area contributed by atoms with Crippen molar-refractivity contribution in [3.05, 3.63) is 69.5 Å². The van der Waals surface area contributed by atoms with Crippen LogP contribution in [0.1, 0.15) is 5.56 Å². The van der Waals surface area contributed by atoms with Gasteiger partial charge < -0.3 is 5.32 Å². The van der Waals surface area contributed by atoms with E-state index in [1.165, 1.54) is 18.2 Å². The van der Waals surface area contributed by atoms with Gasteiger partial charge in [0.1, 0.15) is 5.82 Å². The summed E-state index contributed by atoms with van der Waals surface area (Å²) >= 11 is 0. The van der Waals surface area contributed by atoms with E-state index in [9.17, 15) is 23.3 Å². The van der Waals surface area contributed by atoms with E-state index in [2.05, 4.69) is 5.32 Å². The topological polar surface area (TPSA) is 55.2 Å². The number of benzene rings is 2. The fourth-order valence-corrected chi connectivity index (χ4v) is 1.69. The first-order valence-corrected chi connectivity index (χ1v) is 5.59. The molecular weight excluding hydrogens is 273 g/mol. The summed E-state index contributed by atoms with van der Waals surface area (Å²) in [6, 6.07) is 6.96. The van der Waals surface area contributed by atoms with Crippen LogP contribution in [0.15, 0.2) is 36.4 Å². The number of anilines is 1. The zero-order valence-electron chi connectivity index (χ0n) is 10.1. The molecule has 0 radical (unpaired) electrons. The molecule has 104 valence electrons. The zero-order chi connectivity index (χ0) is 14.7. The van der Waals surface area contributed by atoms with Gasteiger partial charge in [-0.05, 0) is 0 Å². The maximum atomic E-state index is 13.4. The van der Waals surface area contributed by atoms with Crippen molar-refractivity contribution in [3.8, 4) is 0 Å². The lowest BCUT2D eigenvalue weighted by atomic mass is 10.1. The van der Waals surface area contributed by atoms with Crippen molar-refractivity contribution in [2.75, 3.05) is 5.32 Å². The first-order chi connectivity index (χ1) is 9.49. The number of nitro groups is 1. The number of nitrogens with zero attached hydrogens (tertiary/aromatic N) is 1. The number of nitro benzene ring substituents is 1. The summed E-state index contributed by atoms with van der Waals surface area (Å²) < 4.78 is 39.2. The van der Waals surface area contributed by atoms with Crippen LogP contribution in [0.25, 0.3) is 0 Å². The third-order valence-corrected chi connectivity index (χ3v) is 2.67. The second-order valence-electron chi connectivity index (χ2n) is 3.99. The Morgan fingerprint density at radius 1 is 1.05 bits per heavy atom. The van der Waals surface area contributed by atoms with Crippen molar-refractivity contribution in [2.24, 2.45) is 0 Å². The molecule has 0 aliphatic rings. The minimum atomic E-state index is -1.29. The van der Waals surface area contributed by atoms with Crippen molar-refractivity contribution in [2.45, 2.75) is 6.54 Å². The summed E-state index contributed by atoms with van der Waals surface area (Å²) in [7, 11) is 0. The highest BCUT2D eigenvalue weighted by Gasteiger charge is 2.14. The van der Waals surface area contributed by atoms with Crippen molar-refractivity contribution < 1.29 is 18.1 Å². The smallest absolute Gasteiger partial charge is 0.274 e. The maximum Gasteiger partial charge on any atom is 0.274 e. The third-order valence-electron chi connectivity index (χ3n) is 2.67. The van der Waals surface area contributed by atoms with Gasteiger partial charge in [0.25, 0.3) is 5.69 Å². The van der Waals surface area contributed by atoms with Crippen LogP contribution >= 0.6 is 0 Å². The van der Waals surface area contributed by atoms with Gasteiger partial charge in [0, 0.05) is 30.3 Å². The molecule has 0 saturated carbocycles. The first kappa shape index (κ1) is 13.9. The molecule has 0 aliphatic carbocycles. The molecule has 7 heteroatoms. The van der Waals surface area contributed by atoms with E-state index in [4.69, 9.17) is 0 Å². The number of hydrogen-bond acceptors (Lipinski definition) is 3. The Bertz CT molecular complexity index is 662. The molecule has 0 saturated heterocycles. The minimum absolute atomic E-state index is 0.0842. The second kappa shape index (κ2) is 5.60. The molecule has 0 heterocycles. The zero-order valence-corrected chi connectivity index (χ0v) is 10.1. The number of nitrogens with one attached hydrogen (secondary N) is 1. The fourth-order valence-electron chi connectivity index (χ4n) is 1.69. The predicted molar refractivity (Wildman–Crippen MR) is 66.7 cm³/mol. The summed E-state index contributed by atoms with van der Waals surface area (Å²) in [6.45, 7) is -0.0842. The van der Waals surface area contributed by atoms with Gasteiger partial charge >= 0.3 is 0 Å². The monoisotopic (exact) mass is 282 g/mol. The normalized spacial score (nSPS) is 10.3. The number of hydrogen-bond donors (Lipinski definition) is 1. The molecule has 1 N–H and O–H groups in total. The van der Waals surface area contributed by atoms with Gasteiger partial charge in [-0.3, -0.25) is 10.1 Å². The summed E-state index contributed by atoms with van der Waals surface area (Å²) in [4.78, 5) is 10.2. The largest absolute Gasteiger partial charge is 0.378 e. The molecule has 0 unspecified atom stereocenters. The van der Waals surface area contributed by atoms with Crippen molar-refractivity contribution >= 4 is 11.4 Å². The van der Waals surface area contributed by atoms with Crippen LogP contribution in [0, 0.1) is 27.6 Å².